The monoisotopic (exact) mass is 288 g/mol. The van der Waals surface area contributed by atoms with Crippen LogP contribution in [0.2, 0.25) is 0 Å². The summed E-state index contributed by atoms with van der Waals surface area (Å²) >= 11 is 0. The molecule has 0 atom stereocenters. The third kappa shape index (κ3) is 1.80. The van der Waals surface area contributed by atoms with E-state index in [1.807, 2.05) is 0 Å². The van der Waals surface area contributed by atoms with Crippen molar-refractivity contribution in [2.45, 2.75) is 6.92 Å². The van der Waals surface area contributed by atoms with Gasteiger partial charge < -0.3 is 14.4 Å². The molecule has 2 saturated heterocycles. The smallest absolute Gasteiger partial charge is 0.345 e. The molecule has 0 saturated carbocycles. The van der Waals surface area contributed by atoms with E-state index in [1.165, 1.54) is 0 Å². The third-order valence-electron chi connectivity index (χ3n) is 4.02. The van der Waals surface area contributed by atoms with Crippen molar-refractivity contribution >= 4 is 17.4 Å². The molecular weight excluding hydrogens is 272 g/mol. The van der Waals surface area contributed by atoms with E-state index in [-0.39, 0.29) is 11.4 Å². The number of ether oxygens (including phenoxy) is 2. The van der Waals surface area contributed by atoms with E-state index in [4.69, 9.17) is 9.47 Å². The Morgan fingerprint density at radius 2 is 2.29 bits per heavy atom. The first-order valence-corrected chi connectivity index (χ1v) is 7.06. The number of carbonyl (C=O) groups excluding carboxylic acids is 1. The van der Waals surface area contributed by atoms with Crippen LogP contribution >= 0.6 is 0 Å². The van der Waals surface area contributed by atoms with Crippen LogP contribution in [-0.4, -0.2) is 53.5 Å². The SMILES string of the molecule is CCOC(=O)c1c(N2CC3(COC3)C2)nn2cccnc12. The summed E-state index contributed by atoms with van der Waals surface area (Å²) in [4.78, 5) is 18.6. The summed E-state index contributed by atoms with van der Waals surface area (Å²) in [5, 5.41) is 4.50. The third-order valence-corrected chi connectivity index (χ3v) is 4.02. The predicted molar refractivity (Wildman–Crippen MR) is 74.4 cm³/mol. The van der Waals surface area contributed by atoms with Crippen LogP contribution in [0.15, 0.2) is 18.5 Å². The second kappa shape index (κ2) is 4.42. The summed E-state index contributed by atoms with van der Waals surface area (Å²) in [6.07, 6.45) is 3.44. The number of anilines is 1. The quantitative estimate of drug-likeness (QED) is 0.776. The Hall–Kier alpha value is -2.15. The lowest BCUT2D eigenvalue weighted by Crippen LogP contribution is -2.66. The van der Waals surface area contributed by atoms with Crippen molar-refractivity contribution in [2.75, 3.05) is 37.8 Å². The van der Waals surface area contributed by atoms with Gasteiger partial charge in [-0.2, -0.15) is 0 Å². The normalized spacial score (nSPS) is 19.4. The van der Waals surface area contributed by atoms with Crippen LogP contribution in [0.3, 0.4) is 0 Å². The average Bonchev–Trinajstić information content (AvgIpc) is 2.74. The standard InChI is InChI=1S/C14H16N4O3/c1-2-21-13(19)10-11-15-4-3-5-18(11)16-12(10)17-6-14(7-17)8-20-9-14/h3-5H,2,6-9H2,1H3. The minimum Gasteiger partial charge on any atom is -0.462 e. The molecule has 1 spiro atoms. The van der Waals surface area contributed by atoms with E-state index in [2.05, 4.69) is 15.0 Å². The molecule has 7 nitrogen and oxygen atoms in total. The predicted octanol–water partition coefficient (Wildman–Crippen LogP) is 0.743. The highest BCUT2D eigenvalue weighted by atomic mass is 16.5. The first kappa shape index (κ1) is 12.6. The molecule has 21 heavy (non-hydrogen) atoms. The first-order valence-electron chi connectivity index (χ1n) is 7.06. The van der Waals surface area contributed by atoms with Crippen molar-refractivity contribution in [1.29, 1.82) is 0 Å². The maximum atomic E-state index is 12.3. The van der Waals surface area contributed by atoms with E-state index in [0.29, 0.717) is 23.6 Å². The zero-order valence-electron chi connectivity index (χ0n) is 11.8. The lowest BCUT2D eigenvalue weighted by molar-refractivity contribution is -0.127. The molecule has 0 bridgehead atoms. The number of carbonyl (C=O) groups is 1. The van der Waals surface area contributed by atoms with E-state index >= 15 is 0 Å². The summed E-state index contributed by atoms with van der Waals surface area (Å²) in [6, 6.07) is 1.79. The fourth-order valence-electron chi connectivity index (χ4n) is 2.97. The summed E-state index contributed by atoms with van der Waals surface area (Å²) in [6.45, 7) is 5.45. The van der Waals surface area contributed by atoms with Gasteiger partial charge in [0.15, 0.2) is 11.5 Å². The van der Waals surface area contributed by atoms with Crippen LogP contribution in [-0.2, 0) is 9.47 Å². The highest BCUT2D eigenvalue weighted by Crippen LogP contribution is 2.41. The molecule has 0 aliphatic carbocycles. The molecule has 0 aromatic carbocycles. The number of nitrogens with zero attached hydrogens (tertiary/aromatic N) is 4. The first-order chi connectivity index (χ1) is 10.2. The largest absolute Gasteiger partial charge is 0.462 e. The second-order valence-corrected chi connectivity index (χ2v) is 5.66. The topological polar surface area (TPSA) is 69.0 Å². The van der Waals surface area contributed by atoms with E-state index in [0.717, 1.165) is 26.3 Å². The molecule has 0 N–H and O–H groups in total. The molecule has 2 fully saturated rings. The van der Waals surface area contributed by atoms with Crippen molar-refractivity contribution < 1.29 is 14.3 Å². The maximum absolute atomic E-state index is 12.3. The van der Waals surface area contributed by atoms with Gasteiger partial charge in [0.05, 0.1) is 25.2 Å². The summed E-state index contributed by atoms with van der Waals surface area (Å²) in [5.41, 5.74) is 1.25. The Bertz CT molecular complexity index is 699. The lowest BCUT2D eigenvalue weighted by atomic mass is 9.78. The van der Waals surface area contributed by atoms with Crippen LogP contribution in [0.5, 0.6) is 0 Å². The Balaban J connectivity index is 1.73. The molecule has 4 rings (SSSR count). The molecule has 4 heterocycles. The molecule has 7 heteroatoms. The molecule has 2 aliphatic rings. The van der Waals surface area contributed by atoms with Crippen molar-refractivity contribution in [3.05, 3.63) is 24.0 Å². The van der Waals surface area contributed by atoms with Crippen molar-refractivity contribution in [1.82, 2.24) is 14.6 Å². The van der Waals surface area contributed by atoms with Gasteiger partial charge in [-0.05, 0) is 13.0 Å². The van der Waals surface area contributed by atoms with Gasteiger partial charge in [0.2, 0.25) is 0 Å². The number of hydrogen-bond donors (Lipinski definition) is 0. The Morgan fingerprint density at radius 3 is 2.95 bits per heavy atom. The molecule has 110 valence electrons. The van der Waals surface area contributed by atoms with Crippen LogP contribution in [0.1, 0.15) is 17.3 Å². The Kier molecular flexibility index (Phi) is 2.65. The molecule has 2 aromatic heterocycles. The molecule has 0 amide bonds. The van der Waals surface area contributed by atoms with Gasteiger partial charge in [0, 0.05) is 25.5 Å². The fourth-order valence-corrected chi connectivity index (χ4v) is 2.97. The van der Waals surface area contributed by atoms with Crippen LogP contribution in [0, 0.1) is 5.41 Å². The lowest BCUT2D eigenvalue weighted by Gasteiger charge is -2.55. The summed E-state index contributed by atoms with van der Waals surface area (Å²) in [5.74, 6) is 0.289. The van der Waals surface area contributed by atoms with Crippen molar-refractivity contribution in [2.24, 2.45) is 5.41 Å². The fraction of sp³-hybridized carbons (Fsp3) is 0.500. The zero-order valence-corrected chi connectivity index (χ0v) is 11.8. The number of hydrogen-bond acceptors (Lipinski definition) is 6. The number of esters is 1. The minimum atomic E-state index is -0.369. The molecule has 2 aliphatic heterocycles. The summed E-state index contributed by atoms with van der Waals surface area (Å²) < 4.78 is 12.1. The van der Waals surface area contributed by atoms with E-state index in [1.54, 1.807) is 29.9 Å². The molecular formula is C14H16N4O3. The van der Waals surface area contributed by atoms with Gasteiger partial charge in [-0.15, -0.1) is 5.10 Å². The van der Waals surface area contributed by atoms with Gasteiger partial charge in [-0.1, -0.05) is 0 Å². The van der Waals surface area contributed by atoms with Crippen LogP contribution in [0.4, 0.5) is 5.82 Å². The minimum absolute atomic E-state index is 0.259. The van der Waals surface area contributed by atoms with Crippen LogP contribution in [0.25, 0.3) is 5.65 Å². The Morgan fingerprint density at radius 1 is 1.48 bits per heavy atom. The molecule has 0 unspecified atom stereocenters. The van der Waals surface area contributed by atoms with Gasteiger partial charge in [-0.3, -0.25) is 0 Å². The number of fused-ring (bicyclic) bond motifs is 1. The summed E-state index contributed by atoms with van der Waals surface area (Å²) in [7, 11) is 0. The van der Waals surface area contributed by atoms with Crippen LogP contribution < -0.4 is 4.90 Å². The highest BCUT2D eigenvalue weighted by Gasteiger charge is 2.50. The van der Waals surface area contributed by atoms with Crippen molar-refractivity contribution in [3.8, 4) is 0 Å². The number of rotatable bonds is 3. The van der Waals surface area contributed by atoms with Gasteiger partial charge in [0.1, 0.15) is 5.56 Å². The van der Waals surface area contributed by atoms with Gasteiger partial charge in [-0.25, -0.2) is 14.3 Å². The molecule has 0 radical (unpaired) electrons. The van der Waals surface area contributed by atoms with E-state index in [9.17, 15) is 4.79 Å². The number of aromatic nitrogens is 3. The van der Waals surface area contributed by atoms with E-state index < -0.39 is 0 Å². The average molecular weight is 288 g/mol. The molecule has 2 aromatic rings. The maximum Gasteiger partial charge on any atom is 0.345 e. The highest BCUT2D eigenvalue weighted by molar-refractivity contribution is 6.01. The Labute approximate surface area is 121 Å². The van der Waals surface area contributed by atoms with Gasteiger partial charge in [0.25, 0.3) is 0 Å². The zero-order chi connectivity index (χ0) is 14.4. The van der Waals surface area contributed by atoms with Crippen molar-refractivity contribution in [3.63, 3.8) is 0 Å². The van der Waals surface area contributed by atoms with Gasteiger partial charge >= 0.3 is 5.97 Å². The second-order valence-electron chi connectivity index (χ2n) is 5.66.